The number of aromatic nitrogens is 2. The highest BCUT2D eigenvalue weighted by Crippen LogP contribution is 2.28. The molecular weight excluding hydrogens is 489 g/mol. The van der Waals surface area contributed by atoms with E-state index in [0.29, 0.717) is 30.0 Å². The number of hydrogen-bond acceptors (Lipinski definition) is 5. The standard InChI is InChI=1S/C27H29F3N2O5/c28-27(29,30)17-37-24(26(34)35)14-18-6-8-21(9-7-18)36-13-12-32-11-10-22-23(32)15-20(16-31-22)25(33)19-4-2-1-3-5-19/h6-11,15-16,19,24H,1-5,12-14,17H2,(H,34,35). The predicted octanol–water partition coefficient (Wildman–Crippen LogP) is 5.45. The summed E-state index contributed by atoms with van der Waals surface area (Å²) in [5.74, 6) is -0.687. The summed E-state index contributed by atoms with van der Waals surface area (Å²) in [5, 5.41) is 9.14. The van der Waals surface area contributed by atoms with Gasteiger partial charge < -0.3 is 19.1 Å². The molecule has 4 rings (SSSR count). The van der Waals surface area contributed by atoms with E-state index in [9.17, 15) is 22.8 Å². The van der Waals surface area contributed by atoms with Crippen molar-refractivity contribution < 1.29 is 37.3 Å². The molecule has 1 aromatic carbocycles. The molecule has 3 aromatic rings. The van der Waals surface area contributed by atoms with E-state index in [1.54, 1.807) is 30.5 Å². The molecule has 7 nitrogen and oxygen atoms in total. The van der Waals surface area contributed by atoms with Gasteiger partial charge >= 0.3 is 12.1 Å². The Morgan fingerprint density at radius 2 is 1.84 bits per heavy atom. The molecule has 0 amide bonds. The second-order valence-corrected chi connectivity index (χ2v) is 9.29. The number of ether oxygens (including phenoxy) is 2. The number of aliphatic carboxylic acids is 1. The van der Waals surface area contributed by atoms with E-state index < -0.39 is 24.9 Å². The maximum Gasteiger partial charge on any atom is 0.411 e. The van der Waals surface area contributed by atoms with Gasteiger partial charge in [0, 0.05) is 30.3 Å². The lowest BCUT2D eigenvalue weighted by atomic mass is 9.84. The Morgan fingerprint density at radius 1 is 1.11 bits per heavy atom. The van der Waals surface area contributed by atoms with Crippen molar-refractivity contribution in [2.24, 2.45) is 5.92 Å². The number of ketones is 1. The zero-order valence-electron chi connectivity index (χ0n) is 20.2. The summed E-state index contributed by atoms with van der Waals surface area (Å²) < 4.78 is 49.4. The fraction of sp³-hybridized carbons (Fsp3) is 0.444. The molecule has 2 heterocycles. The molecule has 1 atom stereocenters. The average molecular weight is 519 g/mol. The molecule has 10 heteroatoms. The third kappa shape index (κ3) is 7.31. The van der Waals surface area contributed by atoms with Gasteiger partial charge in [-0.15, -0.1) is 0 Å². The van der Waals surface area contributed by atoms with Gasteiger partial charge in [0.2, 0.25) is 0 Å². The summed E-state index contributed by atoms with van der Waals surface area (Å²) in [7, 11) is 0. The number of halogens is 3. The highest BCUT2D eigenvalue weighted by molar-refractivity contribution is 5.99. The molecule has 1 unspecified atom stereocenters. The molecule has 2 aromatic heterocycles. The van der Waals surface area contributed by atoms with Crippen LogP contribution in [0.4, 0.5) is 13.2 Å². The summed E-state index contributed by atoms with van der Waals surface area (Å²) in [4.78, 5) is 28.6. The molecule has 1 fully saturated rings. The number of carbonyl (C=O) groups is 2. The van der Waals surface area contributed by atoms with E-state index in [4.69, 9.17) is 9.84 Å². The molecule has 0 saturated heterocycles. The van der Waals surface area contributed by atoms with Crippen molar-refractivity contribution in [3.8, 4) is 5.75 Å². The predicted molar refractivity (Wildman–Crippen MR) is 130 cm³/mol. The number of carbonyl (C=O) groups excluding carboxylic acids is 1. The maximum absolute atomic E-state index is 12.9. The van der Waals surface area contributed by atoms with Crippen LogP contribution in [0.15, 0.2) is 48.8 Å². The zero-order chi connectivity index (χ0) is 26.4. The first-order chi connectivity index (χ1) is 17.7. The largest absolute Gasteiger partial charge is 0.492 e. The highest BCUT2D eigenvalue weighted by atomic mass is 19.4. The Labute approximate surface area is 212 Å². The van der Waals surface area contributed by atoms with E-state index in [-0.39, 0.29) is 18.1 Å². The van der Waals surface area contributed by atoms with Crippen LogP contribution in [-0.2, 0) is 22.5 Å². The van der Waals surface area contributed by atoms with Crippen LogP contribution in [0.2, 0.25) is 0 Å². The van der Waals surface area contributed by atoms with Gasteiger partial charge in [0.1, 0.15) is 19.0 Å². The minimum absolute atomic E-state index is 0.0738. The lowest BCUT2D eigenvalue weighted by Gasteiger charge is -2.20. The molecular formula is C27H29F3N2O5. The number of nitrogens with zero attached hydrogens (tertiary/aromatic N) is 2. The van der Waals surface area contributed by atoms with Crippen molar-refractivity contribution in [2.75, 3.05) is 13.2 Å². The molecule has 37 heavy (non-hydrogen) atoms. The molecule has 1 saturated carbocycles. The van der Waals surface area contributed by atoms with Crippen molar-refractivity contribution in [1.29, 1.82) is 0 Å². The van der Waals surface area contributed by atoms with Crippen LogP contribution in [0, 0.1) is 5.92 Å². The minimum Gasteiger partial charge on any atom is -0.492 e. The number of carboxylic acids is 1. The summed E-state index contributed by atoms with van der Waals surface area (Å²) in [5.41, 5.74) is 2.80. The van der Waals surface area contributed by atoms with Crippen LogP contribution in [0.3, 0.4) is 0 Å². The number of benzene rings is 1. The minimum atomic E-state index is -4.60. The van der Waals surface area contributed by atoms with Crippen molar-refractivity contribution in [3.05, 3.63) is 59.9 Å². The van der Waals surface area contributed by atoms with Crippen LogP contribution in [0.1, 0.15) is 48.0 Å². The van der Waals surface area contributed by atoms with Gasteiger partial charge in [-0.25, -0.2) is 4.79 Å². The van der Waals surface area contributed by atoms with Crippen LogP contribution in [0.5, 0.6) is 5.75 Å². The van der Waals surface area contributed by atoms with Gasteiger partial charge in [-0.1, -0.05) is 31.4 Å². The van der Waals surface area contributed by atoms with E-state index in [1.165, 1.54) is 6.42 Å². The smallest absolute Gasteiger partial charge is 0.411 e. The van der Waals surface area contributed by atoms with Crippen molar-refractivity contribution in [3.63, 3.8) is 0 Å². The first kappa shape index (κ1) is 26.7. The Hall–Kier alpha value is -3.40. The van der Waals surface area contributed by atoms with E-state index in [2.05, 4.69) is 9.72 Å². The Bertz CT molecular complexity index is 1220. The lowest BCUT2D eigenvalue weighted by Crippen LogP contribution is -2.31. The number of alkyl halides is 3. The number of carboxylic acid groups (broad SMARTS) is 1. The molecule has 0 bridgehead atoms. The van der Waals surface area contributed by atoms with Gasteiger partial charge in [-0.2, -0.15) is 13.2 Å². The second-order valence-electron chi connectivity index (χ2n) is 9.29. The number of pyridine rings is 1. The molecule has 198 valence electrons. The maximum atomic E-state index is 12.9. The Morgan fingerprint density at radius 3 is 2.51 bits per heavy atom. The van der Waals surface area contributed by atoms with Gasteiger partial charge in [-0.05, 0) is 42.7 Å². The van der Waals surface area contributed by atoms with Gasteiger partial charge in [0.15, 0.2) is 11.9 Å². The van der Waals surface area contributed by atoms with E-state index >= 15 is 0 Å². The molecule has 1 N–H and O–H groups in total. The van der Waals surface area contributed by atoms with Gasteiger partial charge in [-0.3, -0.25) is 9.78 Å². The summed E-state index contributed by atoms with van der Waals surface area (Å²) in [6, 6.07) is 10.2. The Balaban J connectivity index is 1.33. The monoisotopic (exact) mass is 518 g/mol. The zero-order valence-corrected chi connectivity index (χ0v) is 20.2. The fourth-order valence-corrected chi connectivity index (χ4v) is 4.60. The normalized spacial score (nSPS) is 15.5. The lowest BCUT2D eigenvalue weighted by molar-refractivity contribution is -0.192. The van der Waals surface area contributed by atoms with Crippen LogP contribution < -0.4 is 4.74 Å². The quantitative estimate of drug-likeness (QED) is 0.340. The summed E-state index contributed by atoms with van der Waals surface area (Å²) in [6.07, 6.45) is 2.39. The summed E-state index contributed by atoms with van der Waals surface area (Å²) >= 11 is 0. The van der Waals surface area contributed by atoms with E-state index in [0.717, 1.165) is 36.7 Å². The highest BCUT2D eigenvalue weighted by Gasteiger charge is 2.31. The number of Topliss-reactive ketones (excluding diaryl/α,β-unsaturated/α-hetero) is 1. The number of rotatable bonds is 11. The summed E-state index contributed by atoms with van der Waals surface area (Å²) in [6.45, 7) is -0.776. The number of hydrogen-bond donors (Lipinski definition) is 1. The first-order valence-electron chi connectivity index (χ1n) is 12.3. The topological polar surface area (TPSA) is 90.7 Å². The molecule has 0 radical (unpaired) electrons. The third-order valence-corrected chi connectivity index (χ3v) is 6.55. The second kappa shape index (κ2) is 11.8. The Kier molecular flexibility index (Phi) is 8.48. The van der Waals surface area contributed by atoms with E-state index in [1.807, 2.05) is 22.9 Å². The molecule has 1 aliphatic rings. The van der Waals surface area contributed by atoms with Crippen LogP contribution >= 0.6 is 0 Å². The average Bonchev–Trinajstić information content (AvgIpc) is 3.29. The SMILES string of the molecule is O=C(c1cnc2ccn(CCOc3ccc(CC(OCC(F)(F)F)C(=O)O)cc3)c2c1)C1CCCCC1. The van der Waals surface area contributed by atoms with Gasteiger partial charge in [0.25, 0.3) is 0 Å². The van der Waals surface area contributed by atoms with Crippen molar-refractivity contribution in [1.82, 2.24) is 9.55 Å². The fourth-order valence-electron chi connectivity index (χ4n) is 4.60. The molecule has 0 spiro atoms. The van der Waals surface area contributed by atoms with Crippen LogP contribution in [-0.4, -0.2) is 51.9 Å². The van der Waals surface area contributed by atoms with Crippen LogP contribution in [0.25, 0.3) is 11.0 Å². The third-order valence-electron chi connectivity index (χ3n) is 6.55. The van der Waals surface area contributed by atoms with Gasteiger partial charge in [0.05, 0.1) is 17.6 Å². The molecule has 1 aliphatic carbocycles. The first-order valence-corrected chi connectivity index (χ1v) is 12.3. The van der Waals surface area contributed by atoms with Crippen molar-refractivity contribution >= 4 is 22.8 Å². The van der Waals surface area contributed by atoms with Crippen molar-refractivity contribution in [2.45, 2.75) is 57.3 Å². The number of fused-ring (bicyclic) bond motifs is 1. The molecule has 0 aliphatic heterocycles.